The van der Waals surface area contributed by atoms with E-state index >= 15 is 0 Å². The molecule has 4 aromatic rings. The summed E-state index contributed by atoms with van der Waals surface area (Å²) in [7, 11) is 0. The molecule has 0 saturated heterocycles. The summed E-state index contributed by atoms with van der Waals surface area (Å²) in [6, 6.07) is 11.4. The van der Waals surface area contributed by atoms with Crippen LogP contribution in [-0.2, 0) is 0 Å². The largest absolute Gasteiger partial charge is 0.454 e. The predicted octanol–water partition coefficient (Wildman–Crippen LogP) is 2.26. The first-order valence-electron chi connectivity index (χ1n) is 7.09. The van der Waals surface area contributed by atoms with Crippen molar-refractivity contribution in [1.29, 1.82) is 0 Å². The van der Waals surface area contributed by atoms with E-state index < -0.39 is 0 Å². The van der Waals surface area contributed by atoms with Crippen LogP contribution in [0.3, 0.4) is 0 Å². The molecular formula is C16H11N5O2. The van der Waals surface area contributed by atoms with Gasteiger partial charge in [0.2, 0.25) is 6.79 Å². The molecule has 5 rings (SSSR count). The van der Waals surface area contributed by atoms with Crippen molar-refractivity contribution in [3.8, 4) is 22.8 Å². The van der Waals surface area contributed by atoms with E-state index in [2.05, 4.69) is 15.3 Å². The molecule has 0 unspecified atom stereocenters. The topological polar surface area (TPSA) is 87.6 Å². The molecule has 0 atom stereocenters. The molecule has 3 heterocycles. The molecule has 0 aliphatic carbocycles. The van der Waals surface area contributed by atoms with Gasteiger partial charge in [-0.25, -0.2) is 0 Å². The summed E-state index contributed by atoms with van der Waals surface area (Å²) in [5.41, 5.74) is 8.94. The highest BCUT2D eigenvalue weighted by Gasteiger charge is 2.19. The Morgan fingerprint density at radius 3 is 2.52 bits per heavy atom. The second-order valence-electron chi connectivity index (χ2n) is 5.32. The smallest absolute Gasteiger partial charge is 0.231 e. The lowest BCUT2D eigenvalue weighted by atomic mass is 10.0. The highest BCUT2D eigenvalue weighted by atomic mass is 16.7. The maximum Gasteiger partial charge on any atom is 0.231 e. The van der Waals surface area contributed by atoms with Crippen molar-refractivity contribution < 1.29 is 9.47 Å². The van der Waals surface area contributed by atoms with Gasteiger partial charge in [-0.1, -0.05) is 12.1 Å². The van der Waals surface area contributed by atoms with Gasteiger partial charge >= 0.3 is 0 Å². The Hall–Kier alpha value is -3.35. The molecule has 2 aromatic heterocycles. The van der Waals surface area contributed by atoms with Crippen molar-refractivity contribution in [3.63, 3.8) is 0 Å². The van der Waals surface area contributed by atoms with Crippen LogP contribution in [0.5, 0.6) is 11.5 Å². The van der Waals surface area contributed by atoms with Gasteiger partial charge in [-0.05, 0) is 24.3 Å². The Labute approximate surface area is 130 Å². The van der Waals surface area contributed by atoms with Crippen LogP contribution < -0.4 is 15.2 Å². The quantitative estimate of drug-likeness (QED) is 0.543. The second-order valence-corrected chi connectivity index (χ2v) is 5.32. The number of benzene rings is 2. The van der Waals surface area contributed by atoms with E-state index in [0.717, 1.165) is 22.0 Å². The molecule has 112 valence electrons. The Kier molecular flexibility index (Phi) is 2.30. The zero-order chi connectivity index (χ0) is 15.4. The molecule has 0 amide bonds. The average Bonchev–Trinajstić information content (AvgIpc) is 3.21. The Balaban J connectivity index is 1.91. The number of anilines is 1. The highest BCUT2D eigenvalue weighted by molar-refractivity contribution is 6.03. The molecule has 1 aliphatic rings. The summed E-state index contributed by atoms with van der Waals surface area (Å²) >= 11 is 0. The van der Waals surface area contributed by atoms with Crippen LogP contribution in [-0.4, -0.2) is 26.6 Å². The zero-order valence-electron chi connectivity index (χ0n) is 11.9. The summed E-state index contributed by atoms with van der Waals surface area (Å²) in [5.74, 6) is 1.41. The number of nitrogens with two attached hydrogens (primary N) is 1. The Morgan fingerprint density at radius 1 is 1.00 bits per heavy atom. The van der Waals surface area contributed by atoms with Crippen molar-refractivity contribution in [2.45, 2.75) is 0 Å². The van der Waals surface area contributed by atoms with Crippen LogP contribution in [0, 0.1) is 0 Å². The molecular weight excluding hydrogens is 294 g/mol. The highest BCUT2D eigenvalue weighted by Crippen LogP contribution is 2.39. The summed E-state index contributed by atoms with van der Waals surface area (Å²) in [5, 5.41) is 14.6. The van der Waals surface area contributed by atoms with Gasteiger partial charge in [0.05, 0.1) is 5.69 Å². The fourth-order valence-electron chi connectivity index (χ4n) is 2.82. The number of nitrogens with zero attached hydrogens (tertiary/aromatic N) is 4. The van der Waals surface area contributed by atoms with E-state index in [4.69, 9.17) is 15.2 Å². The second kappa shape index (κ2) is 4.33. The van der Waals surface area contributed by atoms with Gasteiger partial charge < -0.3 is 15.2 Å². The van der Waals surface area contributed by atoms with Gasteiger partial charge in [0.15, 0.2) is 17.1 Å². The third-order valence-electron chi connectivity index (χ3n) is 3.93. The van der Waals surface area contributed by atoms with Gasteiger partial charge in [0.25, 0.3) is 0 Å². The number of rotatable bonds is 1. The first-order chi connectivity index (χ1) is 11.3. The normalized spacial score (nSPS) is 13.0. The lowest BCUT2D eigenvalue weighted by Gasteiger charge is -2.09. The molecule has 2 N–H and O–H groups in total. The van der Waals surface area contributed by atoms with Crippen LogP contribution in [0.1, 0.15) is 0 Å². The number of nitrogen functional groups attached to an aromatic ring is 1. The Bertz CT molecular complexity index is 1060. The molecule has 0 saturated carbocycles. The minimum absolute atomic E-state index is 0.221. The number of aromatic nitrogens is 4. The molecule has 7 heteroatoms. The van der Waals surface area contributed by atoms with Crippen LogP contribution in [0.2, 0.25) is 0 Å². The van der Waals surface area contributed by atoms with Crippen LogP contribution in [0.15, 0.2) is 42.7 Å². The van der Waals surface area contributed by atoms with Crippen LogP contribution >= 0.6 is 0 Å². The van der Waals surface area contributed by atoms with E-state index in [0.29, 0.717) is 22.8 Å². The molecule has 23 heavy (non-hydrogen) atoms. The van der Waals surface area contributed by atoms with Crippen molar-refractivity contribution >= 4 is 22.1 Å². The number of ether oxygens (including phenoxy) is 2. The average molecular weight is 305 g/mol. The number of hydrogen-bond acceptors (Lipinski definition) is 6. The van der Waals surface area contributed by atoms with Crippen LogP contribution in [0.4, 0.5) is 5.69 Å². The zero-order valence-corrected chi connectivity index (χ0v) is 11.9. The first-order valence-corrected chi connectivity index (χ1v) is 7.09. The maximum absolute atomic E-state index is 5.78. The van der Waals surface area contributed by atoms with Gasteiger partial charge in [0.1, 0.15) is 6.33 Å². The minimum Gasteiger partial charge on any atom is -0.454 e. The molecule has 0 radical (unpaired) electrons. The SMILES string of the molecule is Nc1ccc(-c2nn3cnnc3c3cc4c(cc23)OCO4)cc1. The Morgan fingerprint density at radius 2 is 1.74 bits per heavy atom. The predicted molar refractivity (Wildman–Crippen MR) is 84.3 cm³/mol. The molecule has 0 bridgehead atoms. The van der Waals surface area contributed by atoms with Gasteiger partial charge in [-0.3, -0.25) is 0 Å². The van der Waals surface area contributed by atoms with Crippen molar-refractivity contribution in [2.75, 3.05) is 12.5 Å². The minimum atomic E-state index is 0.221. The summed E-state index contributed by atoms with van der Waals surface area (Å²) in [6.45, 7) is 0.221. The van der Waals surface area contributed by atoms with E-state index in [1.54, 1.807) is 10.8 Å². The van der Waals surface area contributed by atoms with Gasteiger partial charge in [-0.15, -0.1) is 10.2 Å². The third-order valence-corrected chi connectivity index (χ3v) is 3.93. The summed E-state index contributed by atoms with van der Waals surface area (Å²) in [6.07, 6.45) is 1.58. The first kappa shape index (κ1) is 12.2. The van der Waals surface area contributed by atoms with Crippen molar-refractivity contribution in [1.82, 2.24) is 19.8 Å². The fourth-order valence-corrected chi connectivity index (χ4v) is 2.82. The molecule has 0 fully saturated rings. The van der Waals surface area contributed by atoms with E-state index in [-0.39, 0.29) is 6.79 Å². The standard InChI is InChI=1S/C16H11N5O2/c17-10-3-1-9(2-4-10)15-11-5-13-14(23-8-22-13)6-12(11)16-19-18-7-21(16)20-15/h1-7H,8,17H2. The van der Waals surface area contributed by atoms with E-state index in [9.17, 15) is 0 Å². The lowest BCUT2D eigenvalue weighted by molar-refractivity contribution is 0.174. The molecule has 0 spiro atoms. The molecule has 1 aliphatic heterocycles. The number of fused-ring (bicyclic) bond motifs is 4. The maximum atomic E-state index is 5.78. The third kappa shape index (κ3) is 1.73. The van der Waals surface area contributed by atoms with E-state index in [1.807, 2.05) is 36.4 Å². The van der Waals surface area contributed by atoms with E-state index in [1.165, 1.54) is 0 Å². The summed E-state index contributed by atoms with van der Waals surface area (Å²) < 4.78 is 12.6. The fraction of sp³-hybridized carbons (Fsp3) is 0.0625. The van der Waals surface area contributed by atoms with Crippen molar-refractivity contribution in [2.24, 2.45) is 0 Å². The monoisotopic (exact) mass is 305 g/mol. The lowest BCUT2D eigenvalue weighted by Crippen LogP contribution is -1.97. The number of hydrogen-bond donors (Lipinski definition) is 1. The van der Waals surface area contributed by atoms with Crippen LogP contribution in [0.25, 0.3) is 27.7 Å². The van der Waals surface area contributed by atoms with Crippen molar-refractivity contribution in [3.05, 3.63) is 42.7 Å². The van der Waals surface area contributed by atoms with Gasteiger partial charge in [0, 0.05) is 22.0 Å². The molecule has 2 aromatic carbocycles. The summed E-state index contributed by atoms with van der Waals surface area (Å²) in [4.78, 5) is 0. The molecule has 7 nitrogen and oxygen atoms in total. The van der Waals surface area contributed by atoms with Gasteiger partial charge in [-0.2, -0.15) is 9.61 Å².